The van der Waals surface area contributed by atoms with Crippen molar-refractivity contribution in [3.8, 4) is 11.5 Å². The topological polar surface area (TPSA) is 82.1 Å². The highest BCUT2D eigenvalue weighted by Gasteiger charge is 2.31. The second-order valence-electron chi connectivity index (χ2n) is 6.88. The molecular formula is C21H28O6. The second kappa shape index (κ2) is 8.93. The number of cyclic esters (lactones) is 1. The van der Waals surface area contributed by atoms with Crippen molar-refractivity contribution in [2.24, 2.45) is 0 Å². The molecule has 148 valence electrons. The molecule has 2 rings (SSSR count). The third kappa shape index (κ3) is 4.62. The number of methoxy groups -OCH3 is 1. The standard InChI is InChI=1S/C21H28O6/c1-6-13(3)27-17(22)10-8-12(2)7-9-15-19(23)18-16(11-26-21(18)24)14(4)20(15)25-5/h7,13,23H,6,8-11H2,1-5H3/b12-7+. The van der Waals surface area contributed by atoms with E-state index in [1.54, 1.807) is 0 Å². The molecule has 1 atom stereocenters. The maximum Gasteiger partial charge on any atom is 0.342 e. The molecule has 1 aliphatic rings. The average Bonchev–Trinajstić information content (AvgIpc) is 3.03. The van der Waals surface area contributed by atoms with Gasteiger partial charge in [-0.1, -0.05) is 18.6 Å². The third-order valence-electron chi connectivity index (χ3n) is 4.93. The number of phenolic OH excluding ortho intramolecular Hbond substituents is 1. The fourth-order valence-electron chi connectivity index (χ4n) is 3.07. The Morgan fingerprint density at radius 2 is 2.07 bits per heavy atom. The first-order valence-corrected chi connectivity index (χ1v) is 9.23. The lowest BCUT2D eigenvalue weighted by Gasteiger charge is -2.15. The molecule has 6 heteroatoms. The van der Waals surface area contributed by atoms with E-state index in [-0.39, 0.29) is 30.0 Å². The van der Waals surface area contributed by atoms with E-state index in [4.69, 9.17) is 14.2 Å². The summed E-state index contributed by atoms with van der Waals surface area (Å²) in [6.45, 7) is 7.77. The summed E-state index contributed by atoms with van der Waals surface area (Å²) in [4.78, 5) is 23.7. The largest absolute Gasteiger partial charge is 0.507 e. The quantitative estimate of drug-likeness (QED) is 0.546. The third-order valence-corrected chi connectivity index (χ3v) is 4.93. The Kier molecular flexibility index (Phi) is 6.88. The Bertz CT molecular complexity index is 763. The van der Waals surface area contributed by atoms with Crippen LogP contribution in [0.3, 0.4) is 0 Å². The van der Waals surface area contributed by atoms with Crippen LogP contribution >= 0.6 is 0 Å². The number of benzene rings is 1. The van der Waals surface area contributed by atoms with Gasteiger partial charge in [0.1, 0.15) is 23.7 Å². The van der Waals surface area contributed by atoms with Gasteiger partial charge >= 0.3 is 11.9 Å². The van der Waals surface area contributed by atoms with Crippen LogP contribution in [-0.2, 0) is 27.3 Å². The maximum atomic E-state index is 11.9. The monoisotopic (exact) mass is 376 g/mol. The summed E-state index contributed by atoms with van der Waals surface area (Å²) in [5, 5.41) is 10.6. The zero-order chi connectivity index (χ0) is 20.1. The minimum Gasteiger partial charge on any atom is -0.507 e. The minimum atomic E-state index is -0.511. The molecule has 1 aromatic carbocycles. The van der Waals surface area contributed by atoms with Gasteiger partial charge in [0.2, 0.25) is 0 Å². The van der Waals surface area contributed by atoms with Gasteiger partial charge in [-0.25, -0.2) is 4.79 Å². The molecule has 1 N–H and O–H groups in total. The van der Waals surface area contributed by atoms with E-state index >= 15 is 0 Å². The van der Waals surface area contributed by atoms with Crippen LogP contribution in [0.5, 0.6) is 11.5 Å². The zero-order valence-electron chi connectivity index (χ0n) is 16.7. The number of hydrogen-bond acceptors (Lipinski definition) is 6. The number of esters is 2. The summed E-state index contributed by atoms with van der Waals surface area (Å²) < 4.78 is 15.8. The van der Waals surface area contributed by atoms with Crippen molar-refractivity contribution < 1.29 is 28.9 Å². The van der Waals surface area contributed by atoms with Gasteiger partial charge in [0, 0.05) is 17.5 Å². The van der Waals surface area contributed by atoms with E-state index in [1.807, 2.05) is 33.8 Å². The van der Waals surface area contributed by atoms with E-state index < -0.39 is 5.97 Å². The van der Waals surface area contributed by atoms with Gasteiger partial charge in [-0.3, -0.25) is 4.79 Å². The molecule has 1 aromatic rings. The number of rotatable bonds is 8. The molecule has 0 saturated carbocycles. The number of allylic oxidation sites excluding steroid dienone is 2. The molecule has 1 aliphatic heterocycles. The van der Waals surface area contributed by atoms with Crippen molar-refractivity contribution in [2.75, 3.05) is 7.11 Å². The predicted octanol–water partition coefficient (Wildman–Crippen LogP) is 3.99. The van der Waals surface area contributed by atoms with Crippen LogP contribution in [0.25, 0.3) is 0 Å². The highest BCUT2D eigenvalue weighted by Crippen LogP contribution is 2.42. The Hall–Kier alpha value is -2.50. The van der Waals surface area contributed by atoms with Gasteiger partial charge in [-0.15, -0.1) is 0 Å². The van der Waals surface area contributed by atoms with E-state index in [1.165, 1.54) is 7.11 Å². The molecule has 0 fully saturated rings. The molecule has 0 aromatic heterocycles. The van der Waals surface area contributed by atoms with Crippen LogP contribution in [0.1, 0.15) is 67.1 Å². The molecule has 1 heterocycles. The second-order valence-corrected chi connectivity index (χ2v) is 6.88. The van der Waals surface area contributed by atoms with Crippen molar-refractivity contribution in [2.45, 2.75) is 66.1 Å². The van der Waals surface area contributed by atoms with E-state index in [0.29, 0.717) is 36.1 Å². The van der Waals surface area contributed by atoms with Crippen molar-refractivity contribution in [1.29, 1.82) is 0 Å². The first-order valence-electron chi connectivity index (χ1n) is 9.23. The van der Waals surface area contributed by atoms with Gasteiger partial charge in [0.05, 0.1) is 13.2 Å². The number of carbonyl (C=O) groups is 2. The van der Waals surface area contributed by atoms with Crippen molar-refractivity contribution in [3.63, 3.8) is 0 Å². The normalized spacial score (nSPS) is 14.6. The predicted molar refractivity (Wildman–Crippen MR) is 101 cm³/mol. The van der Waals surface area contributed by atoms with E-state index in [0.717, 1.165) is 17.6 Å². The molecule has 0 radical (unpaired) electrons. The molecule has 6 nitrogen and oxygen atoms in total. The molecule has 0 spiro atoms. The van der Waals surface area contributed by atoms with Gasteiger partial charge in [0.15, 0.2) is 0 Å². The van der Waals surface area contributed by atoms with Crippen molar-refractivity contribution in [1.82, 2.24) is 0 Å². The molecule has 0 saturated heterocycles. The molecule has 1 unspecified atom stereocenters. The fraction of sp³-hybridized carbons (Fsp3) is 0.524. The Labute approximate surface area is 160 Å². The first kappa shape index (κ1) is 20.8. The smallest absolute Gasteiger partial charge is 0.342 e. The van der Waals surface area contributed by atoms with Gasteiger partial charge in [-0.2, -0.15) is 0 Å². The molecule has 27 heavy (non-hydrogen) atoms. The lowest BCUT2D eigenvalue weighted by molar-refractivity contribution is -0.148. The average molecular weight is 376 g/mol. The minimum absolute atomic E-state index is 0.0721. The molecule has 0 aliphatic carbocycles. The maximum absolute atomic E-state index is 11.9. The molecule has 0 amide bonds. The SMILES string of the molecule is CCC(C)OC(=O)CC/C(C)=C/Cc1c(O)c2c(c(C)c1OC)COC2=O. The highest BCUT2D eigenvalue weighted by atomic mass is 16.5. The Morgan fingerprint density at radius 1 is 1.37 bits per heavy atom. The lowest BCUT2D eigenvalue weighted by Crippen LogP contribution is -2.13. The highest BCUT2D eigenvalue weighted by molar-refractivity contribution is 5.98. The summed E-state index contributed by atoms with van der Waals surface area (Å²) in [5.41, 5.74) is 3.25. The van der Waals surface area contributed by atoms with E-state index in [9.17, 15) is 14.7 Å². The van der Waals surface area contributed by atoms with Crippen LogP contribution in [0, 0.1) is 6.92 Å². The zero-order valence-corrected chi connectivity index (χ0v) is 16.7. The summed E-state index contributed by atoms with van der Waals surface area (Å²) in [7, 11) is 1.54. The van der Waals surface area contributed by atoms with Crippen LogP contribution in [-0.4, -0.2) is 30.3 Å². The Morgan fingerprint density at radius 3 is 2.70 bits per heavy atom. The summed E-state index contributed by atoms with van der Waals surface area (Å²) in [5.74, 6) is -0.253. The number of hydrogen-bond donors (Lipinski definition) is 1. The van der Waals surface area contributed by atoms with Crippen molar-refractivity contribution >= 4 is 11.9 Å². The van der Waals surface area contributed by atoms with Gasteiger partial charge in [-0.05, 0) is 45.6 Å². The number of fused-ring (bicyclic) bond motifs is 1. The van der Waals surface area contributed by atoms with Crippen LogP contribution in [0.4, 0.5) is 0 Å². The van der Waals surface area contributed by atoms with Gasteiger partial charge in [0.25, 0.3) is 0 Å². The number of aromatic hydroxyl groups is 1. The summed E-state index contributed by atoms with van der Waals surface area (Å²) >= 11 is 0. The van der Waals surface area contributed by atoms with E-state index in [2.05, 4.69) is 0 Å². The molecule has 0 bridgehead atoms. The lowest BCUT2D eigenvalue weighted by atomic mass is 9.94. The summed E-state index contributed by atoms with van der Waals surface area (Å²) in [6, 6.07) is 0. The fourth-order valence-corrected chi connectivity index (χ4v) is 3.07. The number of carbonyl (C=O) groups excluding carboxylic acids is 2. The molecular weight excluding hydrogens is 348 g/mol. The number of phenols is 1. The van der Waals surface area contributed by atoms with Crippen molar-refractivity contribution in [3.05, 3.63) is 33.9 Å². The summed E-state index contributed by atoms with van der Waals surface area (Å²) in [6.07, 6.45) is 3.93. The van der Waals surface area contributed by atoms with Crippen LogP contribution in [0.2, 0.25) is 0 Å². The number of ether oxygens (including phenoxy) is 3. The van der Waals surface area contributed by atoms with Crippen LogP contribution < -0.4 is 4.74 Å². The van der Waals surface area contributed by atoms with Crippen LogP contribution in [0.15, 0.2) is 11.6 Å². The van der Waals surface area contributed by atoms with Gasteiger partial charge < -0.3 is 19.3 Å². The Balaban J connectivity index is 2.14. The first-order chi connectivity index (χ1) is 12.8.